The second kappa shape index (κ2) is 14.0. The van der Waals surface area contributed by atoms with Gasteiger partial charge < -0.3 is 42.7 Å². The molecular weight excluding hydrogens is 482 g/mol. The average molecular weight is 509 g/mol. The fourth-order valence-corrected chi connectivity index (χ4v) is 2.95. The summed E-state index contributed by atoms with van der Waals surface area (Å²) in [5, 5.41) is 33.5. The van der Waals surface area contributed by atoms with E-state index in [1.807, 2.05) is 5.32 Å². The summed E-state index contributed by atoms with van der Waals surface area (Å²) in [5.74, 6) is -8.89. The van der Waals surface area contributed by atoms with Gasteiger partial charge in [-0.05, 0) is 5.56 Å². The van der Waals surface area contributed by atoms with Gasteiger partial charge in [0.2, 0.25) is 23.6 Å². The molecule has 0 aliphatic heterocycles. The first-order valence-corrected chi connectivity index (χ1v) is 10.5. The van der Waals surface area contributed by atoms with E-state index < -0.39 is 85.0 Å². The molecule has 0 saturated heterocycles. The molecule has 36 heavy (non-hydrogen) atoms. The summed E-state index contributed by atoms with van der Waals surface area (Å²) in [5.41, 5.74) is 11.1. The molecule has 0 aliphatic carbocycles. The quantitative estimate of drug-likeness (QED) is 0.117. The molecule has 15 nitrogen and oxygen atoms in total. The van der Waals surface area contributed by atoms with Crippen LogP contribution in [0.1, 0.15) is 24.8 Å². The fourth-order valence-electron chi connectivity index (χ4n) is 2.95. The van der Waals surface area contributed by atoms with Crippen LogP contribution >= 0.6 is 0 Å². The minimum absolute atomic E-state index is 0.127. The normalized spacial score (nSPS) is 13.8. The molecule has 0 aliphatic rings. The Bertz CT molecular complexity index is 1000. The van der Waals surface area contributed by atoms with Gasteiger partial charge in [-0.25, -0.2) is 4.79 Å². The summed E-state index contributed by atoms with van der Waals surface area (Å²) < 4.78 is 0. The van der Waals surface area contributed by atoms with Crippen molar-refractivity contribution in [2.24, 2.45) is 11.5 Å². The molecule has 0 saturated carbocycles. The molecule has 1 aromatic rings. The van der Waals surface area contributed by atoms with Crippen LogP contribution in [-0.4, -0.2) is 81.0 Å². The summed E-state index contributed by atoms with van der Waals surface area (Å²) in [7, 11) is 0. The van der Waals surface area contributed by atoms with Gasteiger partial charge >= 0.3 is 17.9 Å². The molecule has 4 amide bonds. The topological polar surface area (TPSA) is 268 Å². The Balaban J connectivity index is 3.02. The van der Waals surface area contributed by atoms with Crippen molar-refractivity contribution >= 4 is 41.5 Å². The van der Waals surface area contributed by atoms with Crippen LogP contribution in [0.2, 0.25) is 0 Å². The third kappa shape index (κ3) is 10.6. The first-order chi connectivity index (χ1) is 16.8. The van der Waals surface area contributed by atoms with Gasteiger partial charge in [0.15, 0.2) is 0 Å². The lowest BCUT2D eigenvalue weighted by Crippen LogP contribution is -2.58. The van der Waals surface area contributed by atoms with Crippen molar-refractivity contribution in [2.75, 3.05) is 0 Å². The summed E-state index contributed by atoms with van der Waals surface area (Å²) in [6, 6.07) is 1.69. The van der Waals surface area contributed by atoms with Crippen molar-refractivity contribution in [2.45, 2.75) is 49.9 Å². The van der Waals surface area contributed by atoms with Crippen molar-refractivity contribution in [1.29, 1.82) is 0 Å². The largest absolute Gasteiger partial charge is 0.481 e. The Hall–Kier alpha value is -4.53. The zero-order valence-electron chi connectivity index (χ0n) is 18.9. The molecule has 0 heterocycles. The lowest BCUT2D eigenvalue weighted by molar-refractivity contribution is -0.143. The van der Waals surface area contributed by atoms with E-state index in [0.29, 0.717) is 5.56 Å². The lowest BCUT2D eigenvalue weighted by Gasteiger charge is -2.24. The highest BCUT2D eigenvalue weighted by atomic mass is 16.4. The van der Waals surface area contributed by atoms with Crippen molar-refractivity contribution in [3.63, 3.8) is 0 Å². The number of primary amides is 1. The van der Waals surface area contributed by atoms with E-state index in [2.05, 4.69) is 10.6 Å². The second-order valence-electron chi connectivity index (χ2n) is 7.68. The van der Waals surface area contributed by atoms with E-state index in [9.17, 15) is 38.7 Å². The molecule has 1 rings (SSSR count). The first kappa shape index (κ1) is 29.5. The van der Waals surface area contributed by atoms with E-state index in [0.717, 1.165) is 0 Å². The highest BCUT2D eigenvalue weighted by Crippen LogP contribution is 2.05. The van der Waals surface area contributed by atoms with Gasteiger partial charge in [0.05, 0.1) is 25.3 Å². The number of carbonyl (C=O) groups is 7. The summed E-state index contributed by atoms with van der Waals surface area (Å²) in [4.78, 5) is 82.5. The van der Waals surface area contributed by atoms with Crippen LogP contribution in [0.4, 0.5) is 0 Å². The zero-order chi connectivity index (χ0) is 27.4. The van der Waals surface area contributed by atoms with Crippen molar-refractivity contribution in [3.8, 4) is 0 Å². The third-order valence-electron chi connectivity index (χ3n) is 4.68. The minimum atomic E-state index is -1.81. The number of amides is 4. The van der Waals surface area contributed by atoms with Gasteiger partial charge in [0, 0.05) is 6.42 Å². The Morgan fingerprint density at radius 2 is 1.17 bits per heavy atom. The van der Waals surface area contributed by atoms with Crippen molar-refractivity contribution in [1.82, 2.24) is 16.0 Å². The number of carbonyl (C=O) groups excluding carboxylic acids is 4. The molecule has 0 spiro atoms. The van der Waals surface area contributed by atoms with Crippen molar-refractivity contribution < 1.29 is 48.9 Å². The second-order valence-corrected chi connectivity index (χ2v) is 7.68. The van der Waals surface area contributed by atoms with Gasteiger partial charge in [0.25, 0.3) is 0 Å². The molecule has 1 aromatic carbocycles. The van der Waals surface area contributed by atoms with Gasteiger partial charge in [-0.15, -0.1) is 0 Å². The monoisotopic (exact) mass is 509 g/mol. The van der Waals surface area contributed by atoms with Crippen LogP contribution in [0.25, 0.3) is 0 Å². The number of carboxylic acid groups (broad SMARTS) is 3. The SMILES string of the molecule is NC(=O)CC(NC(=O)C(CC(=O)O)NC(=O)C(N)CC(=O)O)C(=O)NC(Cc1ccccc1)C(=O)O. The number of benzene rings is 1. The van der Waals surface area contributed by atoms with E-state index >= 15 is 0 Å². The van der Waals surface area contributed by atoms with Crippen LogP contribution in [0.5, 0.6) is 0 Å². The number of hydrogen-bond donors (Lipinski definition) is 8. The minimum Gasteiger partial charge on any atom is -0.481 e. The van der Waals surface area contributed by atoms with E-state index in [1.165, 1.54) is 0 Å². The molecule has 0 fully saturated rings. The summed E-state index contributed by atoms with van der Waals surface area (Å²) in [6.45, 7) is 0. The molecule has 4 atom stereocenters. The van der Waals surface area contributed by atoms with Crippen LogP contribution in [-0.2, 0) is 40.0 Å². The number of nitrogens with two attached hydrogens (primary N) is 2. The Labute approximate surface area is 204 Å². The molecule has 0 bridgehead atoms. The Morgan fingerprint density at radius 3 is 1.64 bits per heavy atom. The Kier molecular flexibility index (Phi) is 11.5. The van der Waals surface area contributed by atoms with E-state index in [4.69, 9.17) is 21.7 Å². The van der Waals surface area contributed by atoms with Crippen LogP contribution < -0.4 is 27.4 Å². The molecule has 0 aromatic heterocycles. The van der Waals surface area contributed by atoms with Gasteiger partial charge in [-0.1, -0.05) is 30.3 Å². The zero-order valence-corrected chi connectivity index (χ0v) is 18.9. The number of nitrogens with one attached hydrogen (secondary N) is 3. The van der Waals surface area contributed by atoms with Gasteiger partial charge in [-0.3, -0.25) is 28.8 Å². The highest BCUT2D eigenvalue weighted by Gasteiger charge is 2.32. The molecule has 10 N–H and O–H groups in total. The van der Waals surface area contributed by atoms with Gasteiger partial charge in [0.1, 0.15) is 18.1 Å². The number of carboxylic acids is 3. The molecule has 196 valence electrons. The predicted molar refractivity (Wildman–Crippen MR) is 120 cm³/mol. The standard InChI is InChI=1S/C21H27N5O10/c22-11(7-16(28)29)18(32)24-13(9-17(30)31)20(34)25-12(8-15(23)27)19(33)26-14(21(35)36)6-10-4-2-1-3-5-10/h1-5,11-14H,6-9,22H2,(H2,23,27)(H,24,32)(H,25,34)(H,26,33)(H,28,29)(H,30,31)(H,35,36). The molecular formula is C21H27N5O10. The van der Waals surface area contributed by atoms with Crippen LogP contribution in [0.15, 0.2) is 30.3 Å². The maximum Gasteiger partial charge on any atom is 0.326 e. The maximum atomic E-state index is 12.7. The summed E-state index contributed by atoms with van der Waals surface area (Å²) >= 11 is 0. The number of aliphatic carboxylic acids is 3. The predicted octanol–water partition coefficient (Wildman–Crippen LogP) is -3.08. The molecule has 4 unspecified atom stereocenters. The summed E-state index contributed by atoms with van der Waals surface area (Å²) in [6.07, 6.45) is -2.69. The molecule has 0 radical (unpaired) electrons. The van der Waals surface area contributed by atoms with Crippen molar-refractivity contribution in [3.05, 3.63) is 35.9 Å². The van der Waals surface area contributed by atoms with Gasteiger partial charge in [-0.2, -0.15) is 0 Å². The fraction of sp³-hybridized carbons (Fsp3) is 0.381. The molecule has 15 heteroatoms. The average Bonchev–Trinajstić information content (AvgIpc) is 2.77. The van der Waals surface area contributed by atoms with Crippen LogP contribution in [0, 0.1) is 0 Å². The number of hydrogen-bond acceptors (Lipinski definition) is 8. The number of rotatable bonds is 15. The van der Waals surface area contributed by atoms with E-state index in [1.54, 1.807) is 30.3 Å². The lowest BCUT2D eigenvalue weighted by atomic mass is 10.0. The maximum absolute atomic E-state index is 12.7. The third-order valence-corrected chi connectivity index (χ3v) is 4.68. The smallest absolute Gasteiger partial charge is 0.326 e. The first-order valence-electron chi connectivity index (χ1n) is 10.5. The van der Waals surface area contributed by atoms with Crippen LogP contribution in [0.3, 0.4) is 0 Å². The Morgan fingerprint density at radius 1 is 0.694 bits per heavy atom. The highest BCUT2D eigenvalue weighted by molar-refractivity contribution is 5.97. The van der Waals surface area contributed by atoms with E-state index in [-0.39, 0.29) is 6.42 Å².